The Morgan fingerprint density at radius 1 is 1.35 bits per heavy atom. The third-order valence-corrected chi connectivity index (χ3v) is 3.22. The largest absolute Gasteiger partial charge is 0.368 e. The minimum absolute atomic E-state index is 0.0436. The zero-order valence-electron chi connectivity index (χ0n) is 11.1. The highest BCUT2D eigenvalue weighted by molar-refractivity contribution is 5.77. The molecule has 1 saturated heterocycles. The molecular formula is C14H18F2N2O2. The fourth-order valence-corrected chi connectivity index (χ4v) is 2.08. The lowest BCUT2D eigenvalue weighted by atomic mass is 10.1. The van der Waals surface area contributed by atoms with E-state index in [0.717, 1.165) is 44.1 Å². The van der Waals surface area contributed by atoms with E-state index in [4.69, 9.17) is 4.74 Å². The second-order valence-electron chi connectivity index (χ2n) is 4.77. The van der Waals surface area contributed by atoms with Gasteiger partial charge in [-0.1, -0.05) is 0 Å². The number of piperidine rings is 1. The van der Waals surface area contributed by atoms with E-state index in [9.17, 15) is 13.6 Å². The SMILES string of the molecule is O=C(COC1CCNCC1)NCc1cc(F)ccc1F. The maximum absolute atomic E-state index is 13.3. The minimum Gasteiger partial charge on any atom is -0.368 e. The molecule has 6 heteroatoms. The molecule has 1 aliphatic rings. The van der Waals surface area contributed by atoms with Crippen molar-refractivity contribution in [3.05, 3.63) is 35.4 Å². The lowest BCUT2D eigenvalue weighted by Gasteiger charge is -2.22. The fraction of sp³-hybridized carbons (Fsp3) is 0.500. The van der Waals surface area contributed by atoms with Crippen molar-refractivity contribution in [1.82, 2.24) is 10.6 Å². The number of amides is 1. The minimum atomic E-state index is -0.536. The molecule has 0 saturated carbocycles. The summed E-state index contributed by atoms with van der Waals surface area (Å²) in [6.07, 6.45) is 1.85. The number of halogens is 2. The average molecular weight is 284 g/mol. The molecule has 1 amide bonds. The highest BCUT2D eigenvalue weighted by atomic mass is 19.1. The summed E-state index contributed by atoms with van der Waals surface area (Å²) in [5.74, 6) is -1.39. The van der Waals surface area contributed by atoms with Gasteiger partial charge in [0, 0.05) is 12.1 Å². The Morgan fingerprint density at radius 2 is 2.10 bits per heavy atom. The molecular weight excluding hydrogens is 266 g/mol. The summed E-state index contributed by atoms with van der Waals surface area (Å²) in [5, 5.41) is 5.72. The van der Waals surface area contributed by atoms with Gasteiger partial charge >= 0.3 is 0 Å². The number of ether oxygens (including phenoxy) is 1. The first-order chi connectivity index (χ1) is 9.65. The second-order valence-corrected chi connectivity index (χ2v) is 4.77. The zero-order chi connectivity index (χ0) is 14.4. The maximum atomic E-state index is 13.3. The smallest absolute Gasteiger partial charge is 0.246 e. The molecule has 110 valence electrons. The van der Waals surface area contributed by atoms with Crippen LogP contribution in [0.3, 0.4) is 0 Å². The Labute approximate surface area is 116 Å². The normalized spacial score (nSPS) is 16.1. The number of nitrogens with one attached hydrogen (secondary N) is 2. The monoisotopic (exact) mass is 284 g/mol. The summed E-state index contributed by atoms with van der Waals surface area (Å²) < 4.78 is 31.8. The molecule has 1 aromatic rings. The first-order valence-corrected chi connectivity index (χ1v) is 6.68. The van der Waals surface area contributed by atoms with Gasteiger partial charge in [0.2, 0.25) is 5.91 Å². The molecule has 2 rings (SSSR count). The summed E-state index contributed by atoms with van der Waals surface area (Å²) in [4.78, 5) is 11.6. The molecule has 0 atom stereocenters. The van der Waals surface area contributed by atoms with E-state index >= 15 is 0 Å². The molecule has 1 heterocycles. The van der Waals surface area contributed by atoms with Gasteiger partial charge in [-0.05, 0) is 44.1 Å². The first-order valence-electron chi connectivity index (χ1n) is 6.68. The highest BCUT2D eigenvalue weighted by Gasteiger charge is 2.15. The number of carbonyl (C=O) groups excluding carboxylic acids is 1. The molecule has 0 spiro atoms. The van der Waals surface area contributed by atoms with Crippen LogP contribution in [0.25, 0.3) is 0 Å². The van der Waals surface area contributed by atoms with Gasteiger partial charge in [-0.3, -0.25) is 4.79 Å². The molecule has 1 aromatic carbocycles. The lowest BCUT2D eigenvalue weighted by Crippen LogP contribution is -2.35. The number of hydrogen-bond acceptors (Lipinski definition) is 3. The van der Waals surface area contributed by atoms with E-state index in [2.05, 4.69) is 10.6 Å². The van der Waals surface area contributed by atoms with Crippen LogP contribution in [-0.2, 0) is 16.1 Å². The first kappa shape index (κ1) is 14.9. The van der Waals surface area contributed by atoms with Crippen LogP contribution in [0.1, 0.15) is 18.4 Å². The van der Waals surface area contributed by atoms with Crippen LogP contribution in [-0.4, -0.2) is 31.7 Å². The number of benzene rings is 1. The quantitative estimate of drug-likeness (QED) is 0.858. The Hall–Kier alpha value is -1.53. The van der Waals surface area contributed by atoms with E-state index in [-0.39, 0.29) is 30.7 Å². The van der Waals surface area contributed by atoms with Gasteiger partial charge in [0.25, 0.3) is 0 Å². The van der Waals surface area contributed by atoms with Gasteiger partial charge in [-0.2, -0.15) is 0 Å². The van der Waals surface area contributed by atoms with Crippen LogP contribution < -0.4 is 10.6 Å². The molecule has 2 N–H and O–H groups in total. The van der Waals surface area contributed by atoms with Gasteiger partial charge in [-0.25, -0.2) is 8.78 Å². The van der Waals surface area contributed by atoms with Gasteiger partial charge in [0.1, 0.15) is 18.2 Å². The van der Waals surface area contributed by atoms with Gasteiger partial charge < -0.3 is 15.4 Å². The Kier molecular flexibility index (Phi) is 5.43. The molecule has 0 radical (unpaired) electrons. The summed E-state index contributed by atoms with van der Waals surface area (Å²) in [7, 11) is 0. The fourth-order valence-electron chi connectivity index (χ4n) is 2.08. The molecule has 1 fully saturated rings. The zero-order valence-corrected chi connectivity index (χ0v) is 11.1. The number of hydrogen-bond donors (Lipinski definition) is 2. The Bertz CT molecular complexity index is 462. The highest BCUT2D eigenvalue weighted by Crippen LogP contribution is 2.09. The van der Waals surface area contributed by atoms with E-state index in [1.807, 2.05) is 0 Å². The molecule has 0 aromatic heterocycles. The topological polar surface area (TPSA) is 50.4 Å². The predicted molar refractivity (Wildman–Crippen MR) is 70.0 cm³/mol. The van der Waals surface area contributed by atoms with Crippen LogP contribution in [0.5, 0.6) is 0 Å². The average Bonchev–Trinajstić information content (AvgIpc) is 2.47. The van der Waals surface area contributed by atoms with Crippen molar-refractivity contribution in [1.29, 1.82) is 0 Å². The van der Waals surface area contributed by atoms with Crippen molar-refractivity contribution < 1.29 is 18.3 Å². The van der Waals surface area contributed by atoms with Crippen molar-refractivity contribution in [2.24, 2.45) is 0 Å². The molecule has 1 aliphatic heterocycles. The van der Waals surface area contributed by atoms with Crippen molar-refractivity contribution in [2.75, 3.05) is 19.7 Å². The third kappa shape index (κ3) is 4.54. The van der Waals surface area contributed by atoms with Gasteiger partial charge in [0.15, 0.2) is 0 Å². The molecule has 20 heavy (non-hydrogen) atoms. The second kappa shape index (κ2) is 7.31. The van der Waals surface area contributed by atoms with Crippen molar-refractivity contribution >= 4 is 5.91 Å². The van der Waals surface area contributed by atoms with E-state index in [1.165, 1.54) is 0 Å². The van der Waals surface area contributed by atoms with Gasteiger partial charge in [-0.15, -0.1) is 0 Å². The predicted octanol–water partition coefficient (Wildman–Crippen LogP) is 1.35. The molecule has 4 nitrogen and oxygen atoms in total. The van der Waals surface area contributed by atoms with Crippen LogP contribution in [0, 0.1) is 11.6 Å². The summed E-state index contributed by atoms with van der Waals surface area (Å²) in [5.41, 5.74) is 0.125. The van der Waals surface area contributed by atoms with Crippen LogP contribution >= 0.6 is 0 Å². The molecule has 0 aliphatic carbocycles. The van der Waals surface area contributed by atoms with E-state index in [1.54, 1.807) is 0 Å². The summed E-state index contributed by atoms with van der Waals surface area (Å²) in [6, 6.07) is 3.16. The lowest BCUT2D eigenvalue weighted by molar-refractivity contribution is -0.128. The summed E-state index contributed by atoms with van der Waals surface area (Å²) >= 11 is 0. The van der Waals surface area contributed by atoms with Gasteiger partial charge in [0.05, 0.1) is 6.10 Å². The standard InChI is InChI=1S/C14H18F2N2O2/c15-11-1-2-13(16)10(7-11)8-18-14(19)9-20-12-3-5-17-6-4-12/h1-2,7,12,17H,3-6,8-9H2,(H,18,19). The van der Waals surface area contributed by atoms with E-state index in [0.29, 0.717) is 0 Å². The molecule has 0 bridgehead atoms. The Balaban J connectivity index is 1.73. The van der Waals surface area contributed by atoms with E-state index < -0.39 is 11.6 Å². The van der Waals surface area contributed by atoms with Crippen molar-refractivity contribution in [2.45, 2.75) is 25.5 Å². The van der Waals surface area contributed by atoms with Crippen LogP contribution in [0.15, 0.2) is 18.2 Å². The molecule has 0 unspecified atom stereocenters. The van der Waals surface area contributed by atoms with Crippen molar-refractivity contribution in [3.63, 3.8) is 0 Å². The van der Waals surface area contributed by atoms with Crippen molar-refractivity contribution in [3.8, 4) is 0 Å². The number of carbonyl (C=O) groups is 1. The maximum Gasteiger partial charge on any atom is 0.246 e. The summed E-state index contributed by atoms with van der Waals surface area (Å²) in [6.45, 7) is 1.68. The van der Waals surface area contributed by atoms with Crippen LogP contribution in [0.4, 0.5) is 8.78 Å². The number of rotatable bonds is 5. The van der Waals surface area contributed by atoms with Crippen LogP contribution in [0.2, 0.25) is 0 Å². The Morgan fingerprint density at radius 3 is 2.85 bits per heavy atom. The third-order valence-electron chi connectivity index (χ3n) is 3.22.